The summed E-state index contributed by atoms with van der Waals surface area (Å²) >= 11 is 0. The van der Waals surface area contributed by atoms with Crippen LogP contribution < -0.4 is 5.32 Å². The molecule has 3 aromatic rings. The van der Waals surface area contributed by atoms with Gasteiger partial charge in [-0.25, -0.2) is 4.98 Å². The van der Waals surface area contributed by atoms with E-state index in [1.54, 1.807) is 6.26 Å². The van der Waals surface area contributed by atoms with E-state index in [1.807, 2.05) is 41.0 Å². The monoisotopic (exact) mass is 297 g/mol. The number of rotatable bonds is 6. The Morgan fingerprint density at radius 3 is 2.91 bits per heavy atom. The lowest BCUT2D eigenvalue weighted by molar-refractivity contribution is -0.121. The average Bonchev–Trinajstić information content (AvgIpc) is 3.16. The summed E-state index contributed by atoms with van der Waals surface area (Å²) in [4.78, 5) is 16.8. The molecule has 22 heavy (non-hydrogen) atoms. The van der Waals surface area contributed by atoms with E-state index < -0.39 is 0 Å². The van der Waals surface area contributed by atoms with Crippen LogP contribution in [0, 0.1) is 0 Å². The highest BCUT2D eigenvalue weighted by Crippen LogP contribution is 2.24. The number of carbonyl (C=O) groups is 1. The number of furan rings is 1. The van der Waals surface area contributed by atoms with Crippen molar-refractivity contribution in [2.24, 2.45) is 0 Å². The number of hydrogen-bond donors (Lipinski definition) is 1. The molecule has 0 saturated heterocycles. The van der Waals surface area contributed by atoms with Crippen molar-refractivity contribution in [3.05, 3.63) is 42.7 Å². The third-order valence-electron chi connectivity index (χ3n) is 3.55. The van der Waals surface area contributed by atoms with Crippen LogP contribution in [0.1, 0.15) is 19.8 Å². The topological polar surface area (TPSA) is 60.1 Å². The number of para-hydroxylation sites is 2. The van der Waals surface area contributed by atoms with Gasteiger partial charge in [0.05, 0.1) is 17.3 Å². The van der Waals surface area contributed by atoms with Crippen molar-refractivity contribution in [2.45, 2.75) is 26.3 Å². The number of imidazole rings is 1. The average molecular weight is 297 g/mol. The molecular weight excluding hydrogens is 278 g/mol. The van der Waals surface area contributed by atoms with Crippen LogP contribution in [0.5, 0.6) is 0 Å². The second-order valence-electron chi connectivity index (χ2n) is 5.19. The van der Waals surface area contributed by atoms with Gasteiger partial charge in [-0.2, -0.15) is 0 Å². The fourth-order valence-electron chi connectivity index (χ4n) is 2.43. The van der Waals surface area contributed by atoms with Gasteiger partial charge < -0.3 is 14.3 Å². The van der Waals surface area contributed by atoms with Gasteiger partial charge in [0.1, 0.15) is 6.54 Å². The molecule has 0 aliphatic heterocycles. The second kappa shape index (κ2) is 6.47. The lowest BCUT2D eigenvalue weighted by Crippen LogP contribution is -2.28. The van der Waals surface area contributed by atoms with Crippen LogP contribution in [0.3, 0.4) is 0 Å². The van der Waals surface area contributed by atoms with E-state index in [9.17, 15) is 4.79 Å². The number of carbonyl (C=O) groups excluding carboxylic acids is 1. The first-order chi connectivity index (χ1) is 10.8. The number of amides is 1. The molecule has 2 heterocycles. The van der Waals surface area contributed by atoms with Crippen LogP contribution in [-0.4, -0.2) is 22.0 Å². The third kappa shape index (κ3) is 2.88. The largest absolute Gasteiger partial charge is 0.461 e. The molecule has 5 heteroatoms. The van der Waals surface area contributed by atoms with Gasteiger partial charge in [-0.3, -0.25) is 4.79 Å². The summed E-state index contributed by atoms with van der Waals surface area (Å²) in [6, 6.07) is 11.5. The van der Waals surface area contributed by atoms with Crippen molar-refractivity contribution in [1.82, 2.24) is 14.9 Å². The molecule has 0 aliphatic rings. The van der Waals surface area contributed by atoms with E-state index in [0.717, 1.165) is 23.9 Å². The Morgan fingerprint density at radius 1 is 1.27 bits per heavy atom. The van der Waals surface area contributed by atoms with Gasteiger partial charge in [-0.05, 0) is 30.7 Å². The smallest absolute Gasteiger partial charge is 0.240 e. The number of nitrogens with one attached hydrogen (secondary N) is 1. The highest BCUT2D eigenvalue weighted by atomic mass is 16.3. The van der Waals surface area contributed by atoms with E-state index in [1.165, 1.54) is 0 Å². The van der Waals surface area contributed by atoms with Gasteiger partial charge in [0.25, 0.3) is 0 Å². The summed E-state index contributed by atoms with van der Waals surface area (Å²) in [6.45, 7) is 3.04. The van der Waals surface area contributed by atoms with E-state index in [0.29, 0.717) is 18.1 Å². The fraction of sp³-hybridized carbons (Fsp3) is 0.294. The predicted octanol–water partition coefficient (Wildman–Crippen LogP) is 3.21. The molecule has 0 aliphatic carbocycles. The molecule has 3 rings (SSSR count). The highest BCUT2D eigenvalue weighted by Gasteiger charge is 2.16. The Labute approximate surface area is 129 Å². The highest BCUT2D eigenvalue weighted by molar-refractivity contribution is 5.83. The number of hydrogen-bond acceptors (Lipinski definition) is 3. The molecule has 0 spiro atoms. The Morgan fingerprint density at radius 2 is 2.14 bits per heavy atom. The van der Waals surface area contributed by atoms with Crippen molar-refractivity contribution >= 4 is 16.9 Å². The normalized spacial score (nSPS) is 11.0. The van der Waals surface area contributed by atoms with Crippen LogP contribution >= 0.6 is 0 Å². The Kier molecular flexibility index (Phi) is 4.23. The SMILES string of the molecule is CCCCNC(=O)Cn1c(-c2ccco2)nc2ccccc21. The first-order valence-electron chi connectivity index (χ1n) is 7.55. The van der Waals surface area contributed by atoms with Gasteiger partial charge in [-0.1, -0.05) is 25.5 Å². The minimum absolute atomic E-state index is 0.00981. The van der Waals surface area contributed by atoms with Gasteiger partial charge in [-0.15, -0.1) is 0 Å². The van der Waals surface area contributed by atoms with Crippen molar-refractivity contribution in [3.8, 4) is 11.6 Å². The minimum atomic E-state index is -0.00981. The van der Waals surface area contributed by atoms with E-state index in [-0.39, 0.29) is 12.5 Å². The lowest BCUT2D eigenvalue weighted by Gasteiger charge is -2.08. The Balaban J connectivity index is 1.92. The number of fused-ring (bicyclic) bond motifs is 1. The molecule has 0 bridgehead atoms. The van der Waals surface area contributed by atoms with E-state index in [2.05, 4.69) is 17.2 Å². The van der Waals surface area contributed by atoms with Gasteiger partial charge in [0.2, 0.25) is 5.91 Å². The third-order valence-corrected chi connectivity index (χ3v) is 3.55. The first-order valence-corrected chi connectivity index (χ1v) is 7.55. The lowest BCUT2D eigenvalue weighted by atomic mass is 10.3. The van der Waals surface area contributed by atoms with Crippen LogP contribution in [0.15, 0.2) is 47.1 Å². The van der Waals surface area contributed by atoms with E-state index >= 15 is 0 Å². The summed E-state index contributed by atoms with van der Waals surface area (Å²) < 4.78 is 7.35. The zero-order valence-electron chi connectivity index (χ0n) is 12.6. The fourth-order valence-corrected chi connectivity index (χ4v) is 2.43. The minimum Gasteiger partial charge on any atom is -0.461 e. The molecule has 1 amide bonds. The zero-order chi connectivity index (χ0) is 15.4. The molecule has 1 aromatic carbocycles. The van der Waals surface area contributed by atoms with Gasteiger partial charge in [0.15, 0.2) is 11.6 Å². The summed E-state index contributed by atoms with van der Waals surface area (Å²) in [5.74, 6) is 1.33. The van der Waals surface area contributed by atoms with Crippen molar-refractivity contribution in [3.63, 3.8) is 0 Å². The number of benzene rings is 1. The summed E-state index contributed by atoms with van der Waals surface area (Å²) in [7, 11) is 0. The predicted molar refractivity (Wildman–Crippen MR) is 85.4 cm³/mol. The van der Waals surface area contributed by atoms with Crippen molar-refractivity contribution in [2.75, 3.05) is 6.54 Å². The van der Waals surface area contributed by atoms with Crippen molar-refractivity contribution < 1.29 is 9.21 Å². The molecule has 0 unspecified atom stereocenters. The molecule has 0 saturated carbocycles. The maximum Gasteiger partial charge on any atom is 0.240 e. The molecule has 5 nitrogen and oxygen atoms in total. The van der Waals surface area contributed by atoms with Crippen LogP contribution in [0.2, 0.25) is 0 Å². The van der Waals surface area contributed by atoms with Gasteiger partial charge in [0, 0.05) is 6.54 Å². The van der Waals surface area contributed by atoms with Crippen LogP contribution in [-0.2, 0) is 11.3 Å². The number of aromatic nitrogens is 2. The second-order valence-corrected chi connectivity index (χ2v) is 5.19. The first kappa shape index (κ1) is 14.4. The molecular formula is C17H19N3O2. The molecule has 0 atom stereocenters. The Bertz CT molecular complexity index is 759. The summed E-state index contributed by atoms with van der Waals surface area (Å²) in [5, 5.41) is 2.94. The zero-order valence-corrected chi connectivity index (χ0v) is 12.6. The van der Waals surface area contributed by atoms with Gasteiger partial charge >= 0.3 is 0 Å². The Hall–Kier alpha value is -2.56. The molecule has 0 radical (unpaired) electrons. The van der Waals surface area contributed by atoms with E-state index in [4.69, 9.17) is 4.42 Å². The summed E-state index contributed by atoms with van der Waals surface area (Å²) in [6.07, 6.45) is 3.66. The van der Waals surface area contributed by atoms with Crippen molar-refractivity contribution in [1.29, 1.82) is 0 Å². The molecule has 0 fully saturated rings. The number of unbranched alkanes of at least 4 members (excludes halogenated alkanes) is 1. The van der Waals surface area contributed by atoms with Crippen LogP contribution in [0.25, 0.3) is 22.6 Å². The van der Waals surface area contributed by atoms with Crippen LogP contribution in [0.4, 0.5) is 0 Å². The quantitative estimate of drug-likeness (QED) is 0.711. The standard InChI is InChI=1S/C17H19N3O2/c1-2-3-10-18-16(21)12-20-14-8-5-4-7-13(14)19-17(20)15-9-6-11-22-15/h4-9,11H,2-3,10,12H2,1H3,(H,18,21). The molecule has 114 valence electrons. The number of nitrogens with zero attached hydrogens (tertiary/aromatic N) is 2. The summed E-state index contributed by atoms with van der Waals surface area (Å²) in [5.41, 5.74) is 1.79. The molecule has 1 N–H and O–H groups in total. The molecule has 2 aromatic heterocycles. The maximum atomic E-state index is 12.2. The maximum absolute atomic E-state index is 12.2.